The first-order chi connectivity index (χ1) is 14.2. The largest absolute Gasteiger partial charge is 0.372 e. The third kappa shape index (κ3) is 4.81. The number of urea groups is 1. The Bertz CT molecular complexity index is 812. The van der Waals surface area contributed by atoms with E-state index in [4.69, 9.17) is 0 Å². The molecule has 2 saturated heterocycles. The van der Waals surface area contributed by atoms with Crippen molar-refractivity contribution in [2.75, 3.05) is 55.6 Å². The van der Waals surface area contributed by atoms with Gasteiger partial charge in [0.25, 0.3) is 0 Å². The van der Waals surface area contributed by atoms with Crippen LogP contribution in [0.4, 0.5) is 20.6 Å². The Morgan fingerprint density at radius 3 is 2.03 bits per heavy atom. The van der Waals surface area contributed by atoms with Gasteiger partial charge in [-0.05, 0) is 55.2 Å². The quantitative estimate of drug-likeness (QED) is 0.841. The van der Waals surface area contributed by atoms with Crippen LogP contribution in [0.1, 0.15) is 18.4 Å². The van der Waals surface area contributed by atoms with E-state index in [-0.39, 0.29) is 11.8 Å². The van der Waals surface area contributed by atoms with Crippen molar-refractivity contribution in [3.63, 3.8) is 0 Å². The Balaban J connectivity index is 1.22. The van der Waals surface area contributed by atoms with E-state index in [1.165, 1.54) is 30.3 Å². The van der Waals surface area contributed by atoms with Crippen molar-refractivity contribution < 1.29 is 9.18 Å². The second-order valence-corrected chi connectivity index (χ2v) is 7.76. The van der Waals surface area contributed by atoms with Gasteiger partial charge in [-0.1, -0.05) is 18.2 Å². The van der Waals surface area contributed by atoms with Crippen LogP contribution in [0.5, 0.6) is 0 Å². The number of hydrogen-bond acceptors (Lipinski definition) is 3. The van der Waals surface area contributed by atoms with Gasteiger partial charge in [0.1, 0.15) is 5.82 Å². The number of amides is 2. The van der Waals surface area contributed by atoms with Crippen molar-refractivity contribution in [2.45, 2.75) is 19.3 Å². The third-order valence-electron chi connectivity index (χ3n) is 5.88. The van der Waals surface area contributed by atoms with E-state index < -0.39 is 0 Å². The zero-order chi connectivity index (χ0) is 20.1. The molecule has 2 aliphatic rings. The number of anilines is 2. The number of nitrogens with one attached hydrogen (secondary N) is 1. The molecule has 2 aromatic carbocycles. The highest BCUT2D eigenvalue weighted by Crippen LogP contribution is 2.24. The molecule has 0 spiro atoms. The van der Waals surface area contributed by atoms with Gasteiger partial charge in [-0.3, -0.25) is 0 Å². The van der Waals surface area contributed by atoms with Crippen LogP contribution >= 0.6 is 0 Å². The van der Waals surface area contributed by atoms with Crippen molar-refractivity contribution in [1.82, 2.24) is 10.2 Å². The molecule has 0 aliphatic carbocycles. The molecule has 0 saturated carbocycles. The van der Waals surface area contributed by atoms with Gasteiger partial charge in [0.15, 0.2) is 0 Å². The summed E-state index contributed by atoms with van der Waals surface area (Å²) in [6, 6.07) is 15.4. The average Bonchev–Trinajstić information content (AvgIpc) is 3.30. The van der Waals surface area contributed by atoms with Crippen LogP contribution in [-0.4, -0.2) is 56.7 Å². The molecule has 0 radical (unpaired) electrons. The van der Waals surface area contributed by atoms with Crippen LogP contribution in [0.2, 0.25) is 0 Å². The van der Waals surface area contributed by atoms with E-state index in [0.29, 0.717) is 31.6 Å². The van der Waals surface area contributed by atoms with E-state index in [1.807, 2.05) is 11.0 Å². The van der Waals surface area contributed by atoms with E-state index >= 15 is 0 Å². The Hall–Kier alpha value is -2.76. The molecule has 154 valence electrons. The standard InChI is InChI=1S/C23H29FN4O/c24-22-6-2-1-5-19(22)11-12-25-23(29)28-17-15-27(16-18-28)21-9-7-20(8-10-21)26-13-3-4-14-26/h1-2,5-10H,3-4,11-18H2,(H,25,29). The Morgan fingerprint density at radius 2 is 1.41 bits per heavy atom. The maximum Gasteiger partial charge on any atom is 0.317 e. The van der Waals surface area contributed by atoms with Gasteiger partial charge >= 0.3 is 6.03 Å². The predicted octanol–water partition coefficient (Wildman–Crippen LogP) is 3.50. The lowest BCUT2D eigenvalue weighted by atomic mass is 10.1. The number of rotatable bonds is 5. The van der Waals surface area contributed by atoms with Gasteiger partial charge < -0.3 is 20.0 Å². The first kappa shape index (κ1) is 19.6. The van der Waals surface area contributed by atoms with Crippen LogP contribution in [0.3, 0.4) is 0 Å². The van der Waals surface area contributed by atoms with Gasteiger partial charge in [0.05, 0.1) is 0 Å². The predicted molar refractivity (Wildman–Crippen MR) is 115 cm³/mol. The molecular formula is C23H29FN4O. The molecule has 0 unspecified atom stereocenters. The minimum absolute atomic E-state index is 0.0645. The molecule has 2 heterocycles. The highest BCUT2D eigenvalue weighted by Gasteiger charge is 2.21. The summed E-state index contributed by atoms with van der Waals surface area (Å²) in [5.41, 5.74) is 3.15. The Morgan fingerprint density at radius 1 is 0.828 bits per heavy atom. The molecule has 1 N–H and O–H groups in total. The zero-order valence-corrected chi connectivity index (χ0v) is 16.8. The molecule has 2 aromatic rings. The van der Waals surface area contributed by atoms with E-state index in [9.17, 15) is 9.18 Å². The second kappa shape index (κ2) is 9.16. The lowest BCUT2D eigenvalue weighted by Gasteiger charge is -2.36. The molecule has 29 heavy (non-hydrogen) atoms. The van der Waals surface area contributed by atoms with Gasteiger partial charge in [0.2, 0.25) is 0 Å². The van der Waals surface area contributed by atoms with Gasteiger partial charge in [0, 0.05) is 57.2 Å². The summed E-state index contributed by atoms with van der Waals surface area (Å²) in [7, 11) is 0. The summed E-state index contributed by atoms with van der Waals surface area (Å²) in [6.07, 6.45) is 3.07. The van der Waals surface area contributed by atoms with Crippen LogP contribution in [0.25, 0.3) is 0 Å². The first-order valence-electron chi connectivity index (χ1n) is 10.6. The molecule has 4 rings (SSSR count). The molecule has 5 nitrogen and oxygen atoms in total. The number of piperazine rings is 1. The fourth-order valence-corrected chi connectivity index (χ4v) is 4.13. The summed E-state index contributed by atoms with van der Waals surface area (Å²) >= 11 is 0. The number of carbonyl (C=O) groups excluding carboxylic acids is 1. The molecule has 0 atom stereocenters. The molecule has 6 heteroatoms. The lowest BCUT2D eigenvalue weighted by molar-refractivity contribution is 0.194. The average molecular weight is 397 g/mol. The summed E-state index contributed by atoms with van der Waals surface area (Å²) in [4.78, 5) is 19.0. The summed E-state index contributed by atoms with van der Waals surface area (Å²) in [5, 5.41) is 2.92. The number of nitrogens with zero attached hydrogens (tertiary/aromatic N) is 3. The number of carbonyl (C=O) groups is 1. The maximum absolute atomic E-state index is 13.7. The summed E-state index contributed by atoms with van der Waals surface area (Å²) in [6.45, 7) is 5.79. The normalized spacial score (nSPS) is 16.9. The van der Waals surface area contributed by atoms with Crippen LogP contribution < -0.4 is 15.1 Å². The second-order valence-electron chi connectivity index (χ2n) is 7.76. The lowest BCUT2D eigenvalue weighted by Crippen LogP contribution is -2.52. The monoisotopic (exact) mass is 396 g/mol. The van der Waals surface area contributed by atoms with Crippen LogP contribution in [0, 0.1) is 5.82 Å². The summed E-state index contributed by atoms with van der Waals surface area (Å²) < 4.78 is 13.7. The van der Waals surface area contributed by atoms with E-state index in [1.54, 1.807) is 12.1 Å². The molecule has 2 amide bonds. The van der Waals surface area contributed by atoms with Crippen LogP contribution in [-0.2, 0) is 6.42 Å². The smallest absolute Gasteiger partial charge is 0.317 e. The number of benzene rings is 2. The fraction of sp³-hybridized carbons (Fsp3) is 0.435. The molecule has 2 aliphatic heterocycles. The highest BCUT2D eigenvalue weighted by molar-refractivity contribution is 5.74. The van der Waals surface area contributed by atoms with Gasteiger partial charge in [-0.15, -0.1) is 0 Å². The van der Waals surface area contributed by atoms with Crippen LogP contribution in [0.15, 0.2) is 48.5 Å². The topological polar surface area (TPSA) is 38.8 Å². The zero-order valence-electron chi connectivity index (χ0n) is 16.8. The van der Waals surface area contributed by atoms with Crippen molar-refractivity contribution in [3.8, 4) is 0 Å². The number of halogens is 1. The van der Waals surface area contributed by atoms with E-state index in [0.717, 1.165) is 26.2 Å². The molecular weight excluding hydrogens is 367 g/mol. The molecule has 0 bridgehead atoms. The minimum Gasteiger partial charge on any atom is -0.372 e. The first-order valence-corrected chi connectivity index (χ1v) is 10.6. The molecule has 0 aromatic heterocycles. The van der Waals surface area contributed by atoms with Crippen molar-refractivity contribution in [1.29, 1.82) is 0 Å². The summed E-state index contributed by atoms with van der Waals surface area (Å²) in [5.74, 6) is -0.217. The fourth-order valence-electron chi connectivity index (χ4n) is 4.13. The molecule has 2 fully saturated rings. The highest BCUT2D eigenvalue weighted by atomic mass is 19.1. The maximum atomic E-state index is 13.7. The Kier molecular flexibility index (Phi) is 6.17. The minimum atomic E-state index is -0.217. The van der Waals surface area contributed by atoms with Gasteiger partial charge in [-0.2, -0.15) is 0 Å². The SMILES string of the molecule is O=C(NCCc1ccccc1F)N1CCN(c2ccc(N3CCCC3)cc2)CC1. The third-order valence-corrected chi connectivity index (χ3v) is 5.88. The van der Waals surface area contributed by atoms with Crippen molar-refractivity contribution in [2.24, 2.45) is 0 Å². The van der Waals surface area contributed by atoms with Crippen molar-refractivity contribution in [3.05, 3.63) is 59.9 Å². The van der Waals surface area contributed by atoms with Gasteiger partial charge in [-0.25, -0.2) is 9.18 Å². The van der Waals surface area contributed by atoms with E-state index in [2.05, 4.69) is 39.4 Å². The van der Waals surface area contributed by atoms with Crippen molar-refractivity contribution >= 4 is 17.4 Å². The number of hydrogen-bond donors (Lipinski definition) is 1. The Labute approximate surface area is 172 Å².